The van der Waals surface area contributed by atoms with Gasteiger partial charge in [-0.1, -0.05) is 6.92 Å². The molecule has 1 N–H and O–H groups in total. The molecule has 0 spiro atoms. The molecule has 1 aromatic rings. The summed E-state index contributed by atoms with van der Waals surface area (Å²) in [6.45, 7) is 6.67. The smallest absolute Gasteiger partial charge is 0.152 e. The van der Waals surface area contributed by atoms with Crippen LogP contribution in [0.4, 0.5) is 0 Å². The van der Waals surface area contributed by atoms with Gasteiger partial charge in [0, 0.05) is 32.3 Å². The molecule has 90 valence electrons. The highest BCUT2D eigenvalue weighted by Gasteiger charge is 2.25. The number of nitrogens with zero attached hydrogens (tertiary/aromatic N) is 2. The van der Waals surface area contributed by atoms with E-state index in [0.29, 0.717) is 12.8 Å². The van der Waals surface area contributed by atoms with Crippen LogP contribution < -0.4 is 5.32 Å². The van der Waals surface area contributed by atoms with Crippen LogP contribution >= 0.6 is 0 Å². The molecular weight excluding hydrogens is 202 g/mol. The molecule has 0 unspecified atom stereocenters. The van der Waals surface area contributed by atoms with Gasteiger partial charge in [-0.15, -0.1) is 0 Å². The van der Waals surface area contributed by atoms with Gasteiger partial charge in [0.15, 0.2) is 5.78 Å². The predicted octanol–water partition coefficient (Wildman–Crippen LogP) is 1.31. The van der Waals surface area contributed by atoms with E-state index in [1.54, 1.807) is 6.20 Å². The third-order valence-corrected chi connectivity index (χ3v) is 2.81. The van der Waals surface area contributed by atoms with E-state index in [0.717, 1.165) is 12.4 Å². The fraction of sp³-hybridized carbons (Fsp3) is 0.667. The number of likely N-dealkylation sites (N-methyl/N-ethyl adjacent to an activating group) is 1. The van der Waals surface area contributed by atoms with Crippen molar-refractivity contribution in [2.45, 2.75) is 39.2 Å². The van der Waals surface area contributed by atoms with Crippen LogP contribution in [0, 0.1) is 0 Å². The van der Waals surface area contributed by atoms with Crippen molar-refractivity contribution in [2.75, 3.05) is 6.54 Å². The van der Waals surface area contributed by atoms with Crippen molar-refractivity contribution in [1.29, 1.82) is 0 Å². The van der Waals surface area contributed by atoms with Gasteiger partial charge < -0.3 is 9.88 Å². The molecule has 0 aromatic carbocycles. The van der Waals surface area contributed by atoms with Crippen molar-refractivity contribution in [3.8, 4) is 0 Å². The normalized spacial score (nSPS) is 11.8. The van der Waals surface area contributed by atoms with Crippen molar-refractivity contribution in [3.05, 3.63) is 18.2 Å². The fourth-order valence-corrected chi connectivity index (χ4v) is 1.72. The van der Waals surface area contributed by atoms with E-state index >= 15 is 0 Å². The minimum Gasteiger partial charge on any atom is -0.338 e. The van der Waals surface area contributed by atoms with Gasteiger partial charge in [-0.25, -0.2) is 4.98 Å². The lowest BCUT2D eigenvalue weighted by Crippen LogP contribution is -2.46. The highest BCUT2D eigenvalue weighted by atomic mass is 16.1. The molecule has 1 heterocycles. The summed E-state index contributed by atoms with van der Waals surface area (Å²) >= 11 is 0. The molecule has 0 saturated heterocycles. The van der Waals surface area contributed by atoms with Crippen LogP contribution in [0.15, 0.2) is 12.4 Å². The first-order chi connectivity index (χ1) is 7.47. The van der Waals surface area contributed by atoms with Crippen LogP contribution in [0.5, 0.6) is 0 Å². The molecule has 16 heavy (non-hydrogen) atoms. The maximum absolute atomic E-state index is 12.0. The quantitative estimate of drug-likeness (QED) is 0.791. The van der Waals surface area contributed by atoms with Crippen molar-refractivity contribution in [2.24, 2.45) is 7.05 Å². The van der Waals surface area contributed by atoms with Gasteiger partial charge in [0.2, 0.25) is 0 Å². The minimum absolute atomic E-state index is 0.234. The third-order valence-electron chi connectivity index (χ3n) is 2.81. The number of hydrogen-bond acceptors (Lipinski definition) is 3. The Labute approximate surface area is 97.1 Å². The van der Waals surface area contributed by atoms with Gasteiger partial charge in [0.05, 0.1) is 5.54 Å². The Morgan fingerprint density at radius 2 is 2.25 bits per heavy atom. The molecule has 1 aromatic heterocycles. The average molecular weight is 223 g/mol. The Morgan fingerprint density at radius 3 is 2.75 bits per heavy atom. The lowest BCUT2D eigenvalue weighted by molar-refractivity contribution is -0.124. The van der Waals surface area contributed by atoms with E-state index in [4.69, 9.17) is 0 Å². The van der Waals surface area contributed by atoms with Crippen LogP contribution in [0.2, 0.25) is 0 Å². The molecule has 0 amide bonds. The topological polar surface area (TPSA) is 46.9 Å². The maximum atomic E-state index is 12.0. The Morgan fingerprint density at radius 1 is 1.56 bits per heavy atom. The predicted molar refractivity (Wildman–Crippen MR) is 64.3 cm³/mol. The molecule has 4 heteroatoms. The Kier molecular flexibility index (Phi) is 4.24. The van der Waals surface area contributed by atoms with Crippen molar-refractivity contribution in [1.82, 2.24) is 14.9 Å². The summed E-state index contributed by atoms with van der Waals surface area (Å²) in [6.07, 6.45) is 4.90. The molecule has 1 rings (SSSR count). The van der Waals surface area contributed by atoms with Gasteiger partial charge in [-0.05, 0) is 20.4 Å². The van der Waals surface area contributed by atoms with Gasteiger partial charge in [0.1, 0.15) is 5.82 Å². The molecule has 4 nitrogen and oxygen atoms in total. The molecule has 0 atom stereocenters. The Hall–Kier alpha value is -1.16. The zero-order valence-corrected chi connectivity index (χ0v) is 10.6. The number of nitrogens with one attached hydrogen (secondary N) is 1. The number of ketones is 1. The van der Waals surface area contributed by atoms with Gasteiger partial charge in [-0.2, -0.15) is 0 Å². The standard InChI is InChI=1S/C12H21N3O/c1-5-14-12(2,3)10(16)6-7-11-13-8-9-15(11)4/h8-9,14H,5-7H2,1-4H3. The lowest BCUT2D eigenvalue weighted by Gasteiger charge is -2.23. The SMILES string of the molecule is CCNC(C)(C)C(=O)CCc1nccn1C. The number of carbonyl (C=O) groups is 1. The maximum Gasteiger partial charge on any atom is 0.152 e. The summed E-state index contributed by atoms with van der Waals surface area (Å²) in [4.78, 5) is 16.2. The monoisotopic (exact) mass is 223 g/mol. The number of imidazole rings is 1. The summed E-state index contributed by atoms with van der Waals surface area (Å²) in [7, 11) is 1.95. The number of aryl methyl sites for hydroxylation is 2. The number of Topliss-reactive ketones (excluding diaryl/α,β-unsaturated/α-hetero) is 1. The van der Waals surface area contributed by atoms with E-state index < -0.39 is 5.54 Å². The van der Waals surface area contributed by atoms with E-state index in [-0.39, 0.29) is 5.78 Å². The summed E-state index contributed by atoms with van der Waals surface area (Å²) < 4.78 is 1.95. The van der Waals surface area contributed by atoms with Crippen molar-refractivity contribution >= 4 is 5.78 Å². The lowest BCUT2D eigenvalue weighted by atomic mass is 9.95. The second-order valence-corrected chi connectivity index (χ2v) is 4.53. The summed E-state index contributed by atoms with van der Waals surface area (Å²) in [5.74, 6) is 1.19. The number of rotatable bonds is 6. The fourth-order valence-electron chi connectivity index (χ4n) is 1.72. The second-order valence-electron chi connectivity index (χ2n) is 4.53. The molecular formula is C12H21N3O. The van der Waals surface area contributed by atoms with Crippen LogP contribution in [-0.4, -0.2) is 27.4 Å². The molecule has 0 fully saturated rings. The Bertz CT molecular complexity index is 355. The van der Waals surface area contributed by atoms with Crippen molar-refractivity contribution in [3.63, 3.8) is 0 Å². The minimum atomic E-state index is -0.431. The van der Waals surface area contributed by atoms with E-state index in [9.17, 15) is 4.79 Å². The molecule has 0 bridgehead atoms. The Balaban J connectivity index is 2.50. The zero-order valence-electron chi connectivity index (χ0n) is 10.6. The summed E-state index contributed by atoms with van der Waals surface area (Å²) in [5, 5.41) is 3.19. The van der Waals surface area contributed by atoms with E-state index in [2.05, 4.69) is 10.3 Å². The molecule has 0 radical (unpaired) electrons. The van der Waals surface area contributed by atoms with Gasteiger partial charge >= 0.3 is 0 Å². The zero-order chi connectivity index (χ0) is 12.2. The molecule has 0 aliphatic rings. The summed E-state index contributed by atoms with van der Waals surface area (Å²) in [5.41, 5.74) is -0.431. The highest BCUT2D eigenvalue weighted by molar-refractivity contribution is 5.87. The number of carbonyl (C=O) groups excluding carboxylic acids is 1. The average Bonchev–Trinajstić information content (AvgIpc) is 2.60. The number of hydrogen-bond donors (Lipinski definition) is 1. The summed E-state index contributed by atoms with van der Waals surface area (Å²) in [6, 6.07) is 0. The van der Waals surface area contributed by atoms with Crippen LogP contribution in [0.1, 0.15) is 33.0 Å². The largest absolute Gasteiger partial charge is 0.338 e. The third kappa shape index (κ3) is 3.17. The van der Waals surface area contributed by atoms with Crippen LogP contribution in [0.25, 0.3) is 0 Å². The first kappa shape index (κ1) is 12.9. The van der Waals surface area contributed by atoms with Crippen LogP contribution in [-0.2, 0) is 18.3 Å². The van der Waals surface area contributed by atoms with Gasteiger partial charge in [0.25, 0.3) is 0 Å². The molecule has 0 aliphatic carbocycles. The molecule has 0 saturated carbocycles. The first-order valence-electron chi connectivity index (χ1n) is 5.72. The number of aromatic nitrogens is 2. The van der Waals surface area contributed by atoms with Crippen LogP contribution in [0.3, 0.4) is 0 Å². The van der Waals surface area contributed by atoms with E-state index in [1.165, 1.54) is 0 Å². The van der Waals surface area contributed by atoms with E-state index in [1.807, 2.05) is 38.6 Å². The first-order valence-corrected chi connectivity index (χ1v) is 5.72. The highest BCUT2D eigenvalue weighted by Crippen LogP contribution is 2.09. The second kappa shape index (κ2) is 5.25. The van der Waals surface area contributed by atoms with Gasteiger partial charge in [-0.3, -0.25) is 4.79 Å². The van der Waals surface area contributed by atoms with Crippen molar-refractivity contribution < 1.29 is 4.79 Å². The molecule has 0 aliphatic heterocycles.